The lowest BCUT2D eigenvalue weighted by Crippen LogP contribution is -2.24. The van der Waals surface area contributed by atoms with E-state index in [2.05, 4.69) is 17.2 Å². The van der Waals surface area contributed by atoms with Crippen molar-refractivity contribution in [2.75, 3.05) is 6.54 Å². The maximum atomic E-state index is 13.8. The van der Waals surface area contributed by atoms with Gasteiger partial charge in [-0.2, -0.15) is 0 Å². The van der Waals surface area contributed by atoms with Gasteiger partial charge in [-0.15, -0.1) is 0 Å². The van der Waals surface area contributed by atoms with Crippen LogP contribution in [0.4, 0.5) is 9.18 Å². The van der Waals surface area contributed by atoms with Gasteiger partial charge in [-0.1, -0.05) is 48.2 Å². The molecule has 5 nitrogen and oxygen atoms in total. The summed E-state index contributed by atoms with van der Waals surface area (Å²) in [5.74, 6) is 3.83. The van der Waals surface area contributed by atoms with Crippen molar-refractivity contribution in [3.63, 3.8) is 0 Å². The monoisotopic (exact) mass is 355 g/mol. The Labute approximate surface area is 150 Å². The number of carboxylic acid groups (broad SMARTS) is 1. The number of aliphatic carboxylic acids is 1. The van der Waals surface area contributed by atoms with E-state index in [-0.39, 0.29) is 25.1 Å². The third-order valence-electron chi connectivity index (χ3n) is 3.34. The van der Waals surface area contributed by atoms with Crippen LogP contribution in [0.2, 0.25) is 0 Å². The molecule has 0 unspecified atom stereocenters. The zero-order valence-corrected chi connectivity index (χ0v) is 14.0. The Morgan fingerprint density at radius 2 is 1.88 bits per heavy atom. The Morgan fingerprint density at radius 3 is 2.58 bits per heavy atom. The van der Waals surface area contributed by atoms with Gasteiger partial charge in [-0.25, -0.2) is 9.18 Å². The Kier molecular flexibility index (Phi) is 7.19. The topological polar surface area (TPSA) is 75.6 Å². The second kappa shape index (κ2) is 9.84. The quantitative estimate of drug-likeness (QED) is 0.617. The standard InChI is InChI=1S/C20H18FNO4/c21-18-12-16(13-19(23)24)9-10-17(18)8-4-5-11-22-20(25)26-14-15-6-2-1-3-7-15/h1-3,6-7,9-10,12H,5,11,13-14H2,(H,22,25)(H,23,24). The number of hydrogen-bond donors (Lipinski definition) is 2. The molecule has 0 fully saturated rings. The first-order valence-electron chi connectivity index (χ1n) is 7.98. The van der Waals surface area contributed by atoms with Crippen molar-refractivity contribution in [2.45, 2.75) is 19.4 Å². The highest BCUT2D eigenvalue weighted by Gasteiger charge is 2.05. The van der Waals surface area contributed by atoms with Crippen LogP contribution in [0.5, 0.6) is 0 Å². The molecule has 0 aliphatic rings. The molecule has 2 aromatic rings. The smallest absolute Gasteiger partial charge is 0.407 e. The summed E-state index contributed by atoms with van der Waals surface area (Å²) in [4.78, 5) is 22.1. The van der Waals surface area contributed by atoms with Gasteiger partial charge in [0.25, 0.3) is 0 Å². The summed E-state index contributed by atoms with van der Waals surface area (Å²) in [6.45, 7) is 0.464. The van der Waals surface area contributed by atoms with Crippen LogP contribution in [-0.4, -0.2) is 23.7 Å². The van der Waals surface area contributed by atoms with Gasteiger partial charge in [-0.05, 0) is 23.3 Å². The molecule has 0 aliphatic carbocycles. The van der Waals surface area contributed by atoms with E-state index in [9.17, 15) is 14.0 Å². The van der Waals surface area contributed by atoms with Crippen molar-refractivity contribution in [3.8, 4) is 11.8 Å². The van der Waals surface area contributed by atoms with Crippen molar-refractivity contribution in [3.05, 3.63) is 71.0 Å². The fourth-order valence-electron chi connectivity index (χ4n) is 2.10. The molecule has 0 aromatic heterocycles. The third kappa shape index (κ3) is 6.65. The number of alkyl carbamates (subject to hydrolysis) is 1. The summed E-state index contributed by atoms with van der Waals surface area (Å²) >= 11 is 0. The van der Waals surface area contributed by atoms with Crippen molar-refractivity contribution >= 4 is 12.1 Å². The number of hydrogen-bond acceptors (Lipinski definition) is 3. The molecule has 6 heteroatoms. The predicted molar refractivity (Wildman–Crippen MR) is 93.9 cm³/mol. The van der Waals surface area contributed by atoms with Crippen molar-refractivity contribution in [1.29, 1.82) is 0 Å². The second-order valence-corrected chi connectivity index (χ2v) is 5.42. The normalized spacial score (nSPS) is 9.73. The Hall–Kier alpha value is -3.33. The average molecular weight is 355 g/mol. The molecule has 26 heavy (non-hydrogen) atoms. The molecule has 2 rings (SSSR count). The number of carbonyl (C=O) groups excluding carboxylic acids is 1. The van der Waals surface area contributed by atoms with Gasteiger partial charge in [0.15, 0.2) is 0 Å². The molecule has 0 radical (unpaired) electrons. The number of rotatable bonds is 6. The van der Waals surface area contributed by atoms with Crippen LogP contribution < -0.4 is 5.32 Å². The fraction of sp³-hybridized carbons (Fsp3) is 0.200. The molecular weight excluding hydrogens is 337 g/mol. The minimum absolute atomic E-state index is 0.186. The maximum absolute atomic E-state index is 13.8. The number of benzene rings is 2. The minimum atomic E-state index is -1.02. The van der Waals surface area contributed by atoms with Crippen LogP contribution in [0, 0.1) is 17.7 Å². The van der Waals surface area contributed by atoms with Crippen LogP contribution in [0.15, 0.2) is 48.5 Å². The molecule has 0 saturated carbocycles. The maximum Gasteiger partial charge on any atom is 0.407 e. The summed E-state index contributed by atoms with van der Waals surface area (Å²) in [7, 11) is 0. The molecule has 0 atom stereocenters. The number of ether oxygens (including phenoxy) is 1. The molecule has 2 N–H and O–H groups in total. The van der Waals surface area contributed by atoms with Gasteiger partial charge in [0.2, 0.25) is 0 Å². The van der Waals surface area contributed by atoms with Crippen LogP contribution in [0.3, 0.4) is 0 Å². The molecule has 0 aliphatic heterocycles. The van der Waals surface area contributed by atoms with E-state index in [1.807, 2.05) is 30.3 Å². The summed E-state index contributed by atoms with van der Waals surface area (Å²) in [5.41, 5.74) is 1.46. The number of halogens is 1. The van der Waals surface area contributed by atoms with Crippen molar-refractivity contribution < 1.29 is 23.8 Å². The summed E-state index contributed by atoms with van der Waals surface area (Å²) in [6.07, 6.45) is -0.448. The van der Waals surface area contributed by atoms with E-state index in [0.717, 1.165) is 11.6 Å². The number of nitrogens with one attached hydrogen (secondary N) is 1. The SMILES string of the molecule is O=C(O)Cc1ccc(C#CCCNC(=O)OCc2ccccc2)c(F)c1. The largest absolute Gasteiger partial charge is 0.481 e. The second-order valence-electron chi connectivity index (χ2n) is 5.42. The minimum Gasteiger partial charge on any atom is -0.481 e. The lowest BCUT2D eigenvalue weighted by Gasteiger charge is -2.05. The highest BCUT2D eigenvalue weighted by molar-refractivity contribution is 5.70. The molecular formula is C20H18FNO4. The first-order chi connectivity index (χ1) is 12.5. The number of carboxylic acids is 1. The fourth-order valence-corrected chi connectivity index (χ4v) is 2.10. The highest BCUT2D eigenvalue weighted by atomic mass is 19.1. The Morgan fingerprint density at radius 1 is 1.12 bits per heavy atom. The molecule has 2 aromatic carbocycles. The van der Waals surface area contributed by atoms with Gasteiger partial charge >= 0.3 is 12.1 Å². The van der Waals surface area contributed by atoms with Crippen LogP contribution in [0.25, 0.3) is 0 Å². The van der Waals surface area contributed by atoms with Gasteiger partial charge < -0.3 is 15.2 Å². The first-order valence-corrected chi connectivity index (χ1v) is 7.98. The zero-order chi connectivity index (χ0) is 18.8. The molecule has 0 saturated heterocycles. The molecule has 134 valence electrons. The van der Waals surface area contributed by atoms with Crippen LogP contribution in [-0.2, 0) is 22.6 Å². The van der Waals surface area contributed by atoms with E-state index in [1.54, 1.807) is 0 Å². The van der Waals surface area contributed by atoms with Crippen LogP contribution >= 0.6 is 0 Å². The van der Waals surface area contributed by atoms with Gasteiger partial charge in [0.1, 0.15) is 12.4 Å². The lowest BCUT2D eigenvalue weighted by molar-refractivity contribution is -0.136. The summed E-state index contributed by atoms with van der Waals surface area (Å²) in [5, 5.41) is 11.2. The van der Waals surface area contributed by atoms with E-state index < -0.39 is 17.9 Å². The van der Waals surface area contributed by atoms with Gasteiger partial charge in [0, 0.05) is 13.0 Å². The number of carbonyl (C=O) groups is 2. The molecule has 1 amide bonds. The zero-order valence-electron chi connectivity index (χ0n) is 14.0. The van der Waals surface area contributed by atoms with E-state index in [1.165, 1.54) is 12.1 Å². The predicted octanol–water partition coefficient (Wildman–Crippen LogP) is 3.12. The molecule has 0 spiro atoms. The molecule has 0 bridgehead atoms. The van der Waals surface area contributed by atoms with Gasteiger partial charge in [-0.3, -0.25) is 4.79 Å². The highest BCUT2D eigenvalue weighted by Crippen LogP contribution is 2.10. The van der Waals surface area contributed by atoms with E-state index in [4.69, 9.17) is 9.84 Å². The lowest BCUT2D eigenvalue weighted by atomic mass is 10.1. The van der Waals surface area contributed by atoms with Crippen LogP contribution in [0.1, 0.15) is 23.1 Å². The van der Waals surface area contributed by atoms with E-state index >= 15 is 0 Å². The van der Waals surface area contributed by atoms with Crippen molar-refractivity contribution in [2.24, 2.45) is 0 Å². The third-order valence-corrected chi connectivity index (χ3v) is 3.34. The average Bonchev–Trinajstić information content (AvgIpc) is 2.61. The number of amides is 1. The van der Waals surface area contributed by atoms with Gasteiger partial charge in [0.05, 0.1) is 12.0 Å². The van der Waals surface area contributed by atoms with E-state index in [0.29, 0.717) is 12.0 Å². The molecule has 0 heterocycles. The Balaban J connectivity index is 1.73. The Bertz CT molecular complexity index is 825. The summed E-state index contributed by atoms with van der Waals surface area (Å²) < 4.78 is 18.9. The first kappa shape index (κ1) is 19.0. The summed E-state index contributed by atoms with van der Waals surface area (Å²) in [6, 6.07) is 13.5. The van der Waals surface area contributed by atoms with Crippen molar-refractivity contribution in [1.82, 2.24) is 5.32 Å².